The molecule has 1 aliphatic rings. The van der Waals surface area contributed by atoms with Gasteiger partial charge in [-0.15, -0.1) is 10.2 Å². The summed E-state index contributed by atoms with van der Waals surface area (Å²) in [5.41, 5.74) is 3.33. The number of carbonyl (C=O) groups is 2. The van der Waals surface area contributed by atoms with Crippen molar-refractivity contribution in [2.75, 3.05) is 23.2 Å². The summed E-state index contributed by atoms with van der Waals surface area (Å²) < 4.78 is 16.6. The van der Waals surface area contributed by atoms with Gasteiger partial charge in [0.25, 0.3) is 11.5 Å². The maximum atomic E-state index is 14.1. The van der Waals surface area contributed by atoms with Gasteiger partial charge in [-0.1, -0.05) is 76.2 Å². The Kier molecular flexibility index (Phi) is 8.80. The monoisotopic (exact) mass is 737 g/mol. The molecule has 0 spiro atoms. The first-order valence-electron chi connectivity index (χ1n) is 15.1. The van der Waals surface area contributed by atoms with Crippen molar-refractivity contribution >= 4 is 50.9 Å². The highest BCUT2D eigenvalue weighted by molar-refractivity contribution is 9.10. The minimum atomic E-state index is -0.408. The molecule has 3 heterocycles. The Labute approximate surface area is 292 Å². The number of nitrogens with one attached hydrogen (secondary N) is 2. The van der Waals surface area contributed by atoms with Crippen molar-refractivity contribution in [1.29, 1.82) is 0 Å². The number of thioether (sulfide) groups is 1. The van der Waals surface area contributed by atoms with Crippen LogP contribution in [0.15, 0.2) is 111 Å². The van der Waals surface area contributed by atoms with Gasteiger partial charge in [-0.25, -0.2) is 4.68 Å². The maximum absolute atomic E-state index is 14.1. The predicted octanol–water partition coefficient (Wildman–Crippen LogP) is 6.21. The van der Waals surface area contributed by atoms with E-state index in [0.29, 0.717) is 50.9 Å². The van der Waals surface area contributed by atoms with Crippen LogP contribution in [0.4, 0.5) is 11.4 Å². The molecule has 7 rings (SSSR count). The Balaban J connectivity index is 1.16. The van der Waals surface area contributed by atoms with Gasteiger partial charge in [0.05, 0.1) is 28.4 Å². The number of rotatable bonds is 9. The second kappa shape index (κ2) is 13.5. The highest BCUT2D eigenvalue weighted by atomic mass is 79.9. The zero-order valence-corrected chi connectivity index (χ0v) is 28.6. The average Bonchev–Trinajstić information content (AvgIpc) is 3.80. The number of carbonyl (C=O) groups excluding carboxylic acids is 2. The molecule has 0 aliphatic carbocycles. The van der Waals surface area contributed by atoms with Gasteiger partial charge >= 0.3 is 0 Å². The highest BCUT2D eigenvalue weighted by Gasteiger charge is 2.26. The molecule has 1 aliphatic heterocycles. The molecule has 49 heavy (non-hydrogen) atoms. The molecule has 0 unspecified atom stereocenters. The molecule has 2 N–H and O–H groups in total. The third-order valence-electron chi connectivity index (χ3n) is 7.90. The second-order valence-corrected chi connectivity index (χ2v) is 12.7. The number of para-hydroxylation sites is 2. The molecule has 2 aromatic heterocycles. The van der Waals surface area contributed by atoms with E-state index in [2.05, 4.69) is 36.8 Å². The first kappa shape index (κ1) is 32.0. The van der Waals surface area contributed by atoms with Crippen molar-refractivity contribution in [1.82, 2.24) is 24.1 Å². The van der Waals surface area contributed by atoms with Gasteiger partial charge in [-0.05, 0) is 49.4 Å². The van der Waals surface area contributed by atoms with Crippen molar-refractivity contribution in [3.8, 4) is 34.3 Å². The molecule has 246 valence electrons. The molecule has 0 saturated carbocycles. The Morgan fingerprint density at radius 3 is 2.45 bits per heavy atom. The first-order chi connectivity index (χ1) is 23.8. The summed E-state index contributed by atoms with van der Waals surface area (Å²) in [7, 11) is 1.82. The lowest BCUT2D eigenvalue weighted by atomic mass is 10.1. The summed E-state index contributed by atoms with van der Waals surface area (Å²) in [6.07, 6.45) is 0. The zero-order chi connectivity index (χ0) is 34.1. The minimum Gasteiger partial charge on any atom is -0.454 e. The van der Waals surface area contributed by atoms with Crippen molar-refractivity contribution in [3.05, 3.63) is 123 Å². The average molecular weight is 739 g/mol. The summed E-state index contributed by atoms with van der Waals surface area (Å²) in [4.78, 5) is 40.7. The maximum Gasteiger partial charge on any atom is 0.296 e. The van der Waals surface area contributed by atoms with E-state index in [1.54, 1.807) is 56.4 Å². The van der Waals surface area contributed by atoms with Crippen molar-refractivity contribution in [2.45, 2.75) is 12.1 Å². The normalized spacial score (nSPS) is 11.8. The Morgan fingerprint density at radius 2 is 1.63 bits per heavy atom. The molecule has 12 nitrogen and oxygen atoms in total. The fourth-order valence-corrected chi connectivity index (χ4v) is 6.67. The van der Waals surface area contributed by atoms with E-state index in [1.807, 2.05) is 68.6 Å². The number of amides is 2. The number of nitrogens with zero attached hydrogens (tertiary/aromatic N) is 5. The van der Waals surface area contributed by atoms with Gasteiger partial charge < -0.3 is 20.1 Å². The number of hydrogen-bond acceptors (Lipinski definition) is 8. The van der Waals surface area contributed by atoms with Crippen LogP contribution in [0.3, 0.4) is 0 Å². The summed E-state index contributed by atoms with van der Waals surface area (Å²) in [6, 6.07) is 28.7. The highest BCUT2D eigenvalue weighted by Crippen LogP contribution is 2.35. The van der Waals surface area contributed by atoms with Crippen molar-refractivity contribution in [3.63, 3.8) is 0 Å². The summed E-state index contributed by atoms with van der Waals surface area (Å²) in [5, 5.41) is 15.0. The molecule has 0 radical (unpaired) electrons. The molecule has 0 fully saturated rings. The Bertz CT molecular complexity index is 2280. The van der Waals surface area contributed by atoms with E-state index in [4.69, 9.17) is 9.47 Å². The summed E-state index contributed by atoms with van der Waals surface area (Å²) in [6.45, 7) is 1.98. The number of ether oxygens (including phenoxy) is 2. The number of aromatic nitrogens is 5. The lowest BCUT2D eigenvalue weighted by Crippen LogP contribution is -2.22. The topological polar surface area (TPSA) is 134 Å². The van der Waals surface area contributed by atoms with Gasteiger partial charge in [0.15, 0.2) is 22.5 Å². The summed E-state index contributed by atoms with van der Waals surface area (Å²) >= 11 is 4.73. The second-order valence-electron chi connectivity index (χ2n) is 10.9. The van der Waals surface area contributed by atoms with Crippen molar-refractivity contribution < 1.29 is 19.1 Å². The number of hydrogen-bond donors (Lipinski definition) is 2. The standard InChI is InChI=1S/C35H28BrN7O5S/c1-21-31(34(46)43(41(21)2)23-10-4-3-5-11-23)42-32(24-12-6-8-14-26(24)36)39-40-35(42)49-19-30(44)38-27-15-9-7-13-25(27)33(45)37-22-16-17-28-29(18-22)48-20-47-28/h3-18H,19-20H2,1-2H3,(H,37,45)(H,38,44). The molecule has 4 aromatic carbocycles. The predicted molar refractivity (Wildman–Crippen MR) is 190 cm³/mol. The fraction of sp³-hybridized carbons (Fsp3) is 0.114. The quantitative estimate of drug-likeness (QED) is 0.168. The van der Waals surface area contributed by atoms with Crippen LogP contribution in [0.1, 0.15) is 16.1 Å². The van der Waals surface area contributed by atoms with E-state index in [0.717, 1.165) is 21.8 Å². The van der Waals surface area contributed by atoms with Gasteiger partial charge in [-0.2, -0.15) is 0 Å². The smallest absolute Gasteiger partial charge is 0.296 e. The van der Waals surface area contributed by atoms with Gasteiger partial charge in [0.2, 0.25) is 12.7 Å². The van der Waals surface area contributed by atoms with Gasteiger partial charge in [0.1, 0.15) is 5.69 Å². The van der Waals surface area contributed by atoms with E-state index < -0.39 is 5.91 Å². The van der Waals surface area contributed by atoms with Crippen LogP contribution in [0.5, 0.6) is 11.5 Å². The largest absolute Gasteiger partial charge is 0.454 e. The van der Waals surface area contributed by atoms with Gasteiger partial charge in [0, 0.05) is 28.8 Å². The third-order valence-corrected chi connectivity index (χ3v) is 9.52. The fourth-order valence-electron chi connectivity index (χ4n) is 5.47. The Morgan fingerprint density at radius 1 is 0.898 bits per heavy atom. The number of fused-ring (bicyclic) bond motifs is 1. The van der Waals surface area contributed by atoms with E-state index in [1.165, 1.54) is 0 Å². The minimum absolute atomic E-state index is 0.0784. The zero-order valence-electron chi connectivity index (χ0n) is 26.2. The van der Waals surface area contributed by atoms with E-state index in [-0.39, 0.29) is 29.6 Å². The van der Waals surface area contributed by atoms with E-state index in [9.17, 15) is 14.4 Å². The molecule has 0 bridgehead atoms. The number of anilines is 2. The van der Waals surface area contributed by atoms with Crippen LogP contribution in [0.25, 0.3) is 22.8 Å². The van der Waals surface area contributed by atoms with Crippen molar-refractivity contribution in [2.24, 2.45) is 7.05 Å². The molecule has 14 heteroatoms. The number of benzene rings is 4. The summed E-state index contributed by atoms with van der Waals surface area (Å²) in [5.74, 6) is 0.715. The van der Waals surface area contributed by atoms with E-state index >= 15 is 0 Å². The van der Waals surface area contributed by atoms with Crippen LogP contribution < -0.4 is 25.7 Å². The Hall–Kier alpha value is -5.60. The van der Waals surface area contributed by atoms with Crippen LogP contribution in [0, 0.1) is 6.92 Å². The molecule has 6 aromatic rings. The van der Waals surface area contributed by atoms with Crippen LogP contribution in [0.2, 0.25) is 0 Å². The molecular weight excluding hydrogens is 710 g/mol. The lowest BCUT2D eigenvalue weighted by Gasteiger charge is -2.12. The first-order valence-corrected chi connectivity index (χ1v) is 16.9. The van der Waals surface area contributed by atoms with Crippen LogP contribution >= 0.6 is 27.7 Å². The van der Waals surface area contributed by atoms with Crippen LogP contribution in [-0.4, -0.2) is 48.5 Å². The SMILES string of the molecule is Cc1c(-n2c(SCC(=O)Nc3ccccc3C(=O)Nc3ccc4c(c3)OCO4)nnc2-c2ccccc2Br)c(=O)n(-c2ccccc2)n1C. The van der Waals surface area contributed by atoms with Gasteiger partial charge in [-0.3, -0.25) is 23.6 Å². The molecule has 2 amide bonds. The lowest BCUT2D eigenvalue weighted by molar-refractivity contribution is -0.113. The molecule has 0 atom stereocenters. The molecular formula is C35H28BrN7O5S. The van der Waals surface area contributed by atoms with Crippen LogP contribution in [-0.2, 0) is 11.8 Å². The number of halogens is 1. The molecule has 0 saturated heterocycles. The third kappa shape index (κ3) is 6.23.